The second-order valence-corrected chi connectivity index (χ2v) is 5.24. The van der Waals surface area contributed by atoms with Crippen LogP contribution in [0.1, 0.15) is 24.2 Å². The molecule has 0 saturated heterocycles. The van der Waals surface area contributed by atoms with Crippen molar-refractivity contribution in [3.63, 3.8) is 0 Å². The molecular weight excluding hydrogens is 264 g/mol. The summed E-state index contributed by atoms with van der Waals surface area (Å²) in [4.78, 5) is 13.7. The van der Waals surface area contributed by atoms with Gasteiger partial charge in [0.2, 0.25) is 0 Å². The van der Waals surface area contributed by atoms with E-state index in [0.717, 1.165) is 17.9 Å². The Bertz CT molecular complexity index is 680. The van der Waals surface area contributed by atoms with Crippen LogP contribution >= 0.6 is 0 Å². The van der Waals surface area contributed by atoms with Crippen molar-refractivity contribution >= 4 is 23.0 Å². The summed E-state index contributed by atoms with van der Waals surface area (Å²) >= 11 is 0. The van der Waals surface area contributed by atoms with Gasteiger partial charge in [-0.25, -0.2) is 0 Å². The predicted molar refractivity (Wildman–Crippen MR) is 83.9 cm³/mol. The average molecular weight is 282 g/mol. The minimum atomic E-state index is -1.05. The first-order valence-corrected chi connectivity index (χ1v) is 7.07. The lowest BCUT2D eigenvalue weighted by Crippen LogP contribution is -2.16. The Balaban J connectivity index is 1.97. The van der Waals surface area contributed by atoms with E-state index in [1.807, 2.05) is 18.2 Å². The highest BCUT2D eigenvalue weighted by atomic mass is 16.3. The highest BCUT2D eigenvalue weighted by molar-refractivity contribution is 6.02. The predicted octanol–water partition coefficient (Wildman–Crippen LogP) is 3.14. The quantitative estimate of drug-likeness (QED) is 0.909. The number of hydrogen-bond acceptors (Lipinski definition) is 3. The molecule has 1 aliphatic rings. The third-order valence-electron chi connectivity index (χ3n) is 3.81. The molecule has 1 atom stereocenters. The number of carbonyl (C=O) groups is 1. The van der Waals surface area contributed by atoms with E-state index in [9.17, 15) is 9.90 Å². The first-order chi connectivity index (χ1) is 10.1. The summed E-state index contributed by atoms with van der Waals surface area (Å²) in [5.41, 5.74) is 4.65. The Kier molecular flexibility index (Phi) is 3.39. The largest absolute Gasteiger partial charge is 0.378 e. The summed E-state index contributed by atoms with van der Waals surface area (Å²) in [6.07, 6.45) is -1.05. The molecule has 0 radical (unpaired) electrons. The Morgan fingerprint density at radius 2 is 1.81 bits per heavy atom. The number of amides is 1. The van der Waals surface area contributed by atoms with Crippen molar-refractivity contribution in [3.05, 3.63) is 53.6 Å². The smallest absolute Gasteiger partial charge is 0.257 e. The first-order valence-electron chi connectivity index (χ1n) is 7.07. The van der Waals surface area contributed by atoms with E-state index in [0.29, 0.717) is 11.3 Å². The number of nitrogens with zero attached hydrogens (tertiary/aromatic N) is 1. The van der Waals surface area contributed by atoms with Crippen LogP contribution in [0.3, 0.4) is 0 Å². The summed E-state index contributed by atoms with van der Waals surface area (Å²) in [6.45, 7) is 4.96. The van der Waals surface area contributed by atoms with Gasteiger partial charge in [0.05, 0.1) is 0 Å². The Hall–Kier alpha value is -2.33. The van der Waals surface area contributed by atoms with Crippen LogP contribution in [0.5, 0.6) is 0 Å². The molecule has 1 unspecified atom stereocenters. The van der Waals surface area contributed by atoms with Crippen LogP contribution in [0.25, 0.3) is 0 Å². The summed E-state index contributed by atoms with van der Waals surface area (Å²) in [5, 5.41) is 12.5. The molecule has 4 heteroatoms. The number of carbonyl (C=O) groups excluding carboxylic acids is 1. The zero-order valence-corrected chi connectivity index (χ0v) is 12.1. The van der Waals surface area contributed by atoms with Crippen LogP contribution < -0.4 is 10.2 Å². The van der Waals surface area contributed by atoms with Gasteiger partial charge in [0.1, 0.15) is 0 Å². The number of aliphatic hydroxyl groups excluding tert-OH is 1. The van der Waals surface area contributed by atoms with Crippen LogP contribution in [-0.2, 0) is 4.79 Å². The van der Waals surface area contributed by atoms with E-state index in [2.05, 4.69) is 48.3 Å². The van der Waals surface area contributed by atoms with Crippen LogP contribution in [0.2, 0.25) is 0 Å². The van der Waals surface area contributed by atoms with Gasteiger partial charge in [-0.15, -0.1) is 0 Å². The number of anilines is 3. The van der Waals surface area contributed by atoms with Gasteiger partial charge in [0.25, 0.3) is 5.91 Å². The zero-order valence-electron chi connectivity index (χ0n) is 12.1. The molecule has 21 heavy (non-hydrogen) atoms. The van der Waals surface area contributed by atoms with Gasteiger partial charge < -0.3 is 15.3 Å². The number of fused-ring (bicyclic) bond motifs is 1. The topological polar surface area (TPSA) is 52.6 Å². The van der Waals surface area contributed by atoms with E-state index in [1.54, 1.807) is 0 Å². The minimum absolute atomic E-state index is 0.361. The molecule has 0 saturated carbocycles. The molecule has 0 aromatic heterocycles. The zero-order chi connectivity index (χ0) is 15.0. The fourth-order valence-corrected chi connectivity index (χ4v) is 2.64. The average Bonchev–Trinajstić information content (AvgIpc) is 2.77. The maximum Gasteiger partial charge on any atom is 0.257 e. The number of aliphatic hydroxyl groups is 1. The number of aryl methyl sites for hydroxylation is 1. The molecule has 1 amide bonds. The van der Waals surface area contributed by atoms with Gasteiger partial charge in [-0.05, 0) is 38.1 Å². The third-order valence-corrected chi connectivity index (χ3v) is 3.81. The highest BCUT2D eigenvalue weighted by Crippen LogP contribution is 2.35. The van der Waals surface area contributed by atoms with Gasteiger partial charge in [0.15, 0.2) is 6.10 Å². The van der Waals surface area contributed by atoms with Gasteiger partial charge in [0, 0.05) is 29.2 Å². The Morgan fingerprint density at radius 3 is 2.48 bits per heavy atom. The van der Waals surface area contributed by atoms with Crippen LogP contribution in [0.4, 0.5) is 17.1 Å². The third kappa shape index (κ3) is 2.38. The van der Waals surface area contributed by atoms with Crippen LogP contribution in [-0.4, -0.2) is 17.6 Å². The van der Waals surface area contributed by atoms with Gasteiger partial charge in [-0.2, -0.15) is 0 Å². The summed E-state index contributed by atoms with van der Waals surface area (Å²) in [5.74, 6) is -0.361. The molecule has 1 heterocycles. The van der Waals surface area contributed by atoms with Crippen LogP contribution in [0.15, 0.2) is 42.5 Å². The molecule has 0 aliphatic carbocycles. The van der Waals surface area contributed by atoms with Gasteiger partial charge >= 0.3 is 0 Å². The van der Waals surface area contributed by atoms with Crippen molar-refractivity contribution in [2.24, 2.45) is 0 Å². The van der Waals surface area contributed by atoms with E-state index in [1.165, 1.54) is 5.56 Å². The SMILES string of the molecule is CCN(c1ccc(C)cc1)c1ccc2c(c1)NC(=O)C2O. The molecule has 108 valence electrons. The lowest BCUT2D eigenvalue weighted by molar-refractivity contribution is -0.123. The molecule has 2 aromatic carbocycles. The number of benzene rings is 2. The van der Waals surface area contributed by atoms with E-state index in [-0.39, 0.29) is 5.91 Å². The van der Waals surface area contributed by atoms with Crippen molar-refractivity contribution in [2.75, 3.05) is 16.8 Å². The van der Waals surface area contributed by atoms with Gasteiger partial charge in [-0.3, -0.25) is 4.79 Å². The van der Waals surface area contributed by atoms with Crippen molar-refractivity contribution in [2.45, 2.75) is 20.0 Å². The lowest BCUT2D eigenvalue weighted by Gasteiger charge is -2.24. The summed E-state index contributed by atoms with van der Waals surface area (Å²) in [6, 6.07) is 14.0. The van der Waals surface area contributed by atoms with E-state index in [4.69, 9.17) is 0 Å². The number of hydrogen-bond donors (Lipinski definition) is 2. The molecule has 0 bridgehead atoms. The second-order valence-electron chi connectivity index (χ2n) is 5.24. The summed E-state index contributed by atoms with van der Waals surface area (Å²) < 4.78 is 0. The Morgan fingerprint density at radius 1 is 1.14 bits per heavy atom. The molecule has 1 aliphatic heterocycles. The maximum absolute atomic E-state index is 11.5. The minimum Gasteiger partial charge on any atom is -0.378 e. The molecule has 4 nitrogen and oxygen atoms in total. The Labute approximate surface area is 124 Å². The number of nitrogens with one attached hydrogen (secondary N) is 1. The fourth-order valence-electron chi connectivity index (χ4n) is 2.64. The molecule has 2 aromatic rings. The van der Waals surface area contributed by atoms with Crippen molar-refractivity contribution in [1.82, 2.24) is 0 Å². The molecule has 3 rings (SSSR count). The number of rotatable bonds is 3. The van der Waals surface area contributed by atoms with Crippen molar-refractivity contribution in [3.8, 4) is 0 Å². The van der Waals surface area contributed by atoms with Crippen LogP contribution in [0, 0.1) is 6.92 Å². The second kappa shape index (κ2) is 5.22. The highest BCUT2D eigenvalue weighted by Gasteiger charge is 2.28. The monoisotopic (exact) mass is 282 g/mol. The van der Waals surface area contributed by atoms with Gasteiger partial charge in [-0.1, -0.05) is 23.8 Å². The molecule has 0 fully saturated rings. The maximum atomic E-state index is 11.5. The normalized spacial score (nSPS) is 16.5. The first kappa shape index (κ1) is 13.6. The summed E-state index contributed by atoms with van der Waals surface area (Å²) in [7, 11) is 0. The van der Waals surface area contributed by atoms with Crippen molar-refractivity contribution < 1.29 is 9.90 Å². The van der Waals surface area contributed by atoms with E-state index < -0.39 is 6.10 Å². The standard InChI is InChI=1S/C17H18N2O2/c1-3-19(12-6-4-11(2)5-7-12)13-8-9-14-15(10-13)18-17(21)16(14)20/h4-10,16,20H,3H2,1-2H3,(H,18,21). The molecular formula is C17H18N2O2. The fraction of sp³-hybridized carbons (Fsp3) is 0.235. The molecule has 0 spiro atoms. The lowest BCUT2D eigenvalue weighted by atomic mass is 10.1. The van der Waals surface area contributed by atoms with E-state index >= 15 is 0 Å². The molecule has 2 N–H and O–H groups in total. The van der Waals surface area contributed by atoms with Crippen molar-refractivity contribution in [1.29, 1.82) is 0 Å².